The van der Waals surface area contributed by atoms with Gasteiger partial charge in [-0.15, -0.1) is 11.6 Å². The highest BCUT2D eigenvalue weighted by atomic mass is 35.5. The molecule has 2 aromatic carbocycles. The number of nitro groups is 1. The number of fused-ring (bicyclic) bond motifs is 1. The summed E-state index contributed by atoms with van der Waals surface area (Å²) in [6, 6.07) is 9.93. The number of non-ortho nitro benzene ring substituents is 1. The molecule has 8 nitrogen and oxygen atoms in total. The van der Waals surface area contributed by atoms with Crippen molar-refractivity contribution in [2.45, 2.75) is 43.6 Å². The number of hydrogen-bond donors (Lipinski definition) is 2. The van der Waals surface area contributed by atoms with Crippen LogP contribution < -0.4 is 20.1 Å². The third-order valence-electron chi connectivity index (χ3n) is 5.36. The van der Waals surface area contributed by atoms with Crippen molar-refractivity contribution in [1.82, 2.24) is 5.32 Å². The Morgan fingerprint density at radius 3 is 2.63 bits per heavy atom. The summed E-state index contributed by atoms with van der Waals surface area (Å²) in [6.45, 7) is 0.439. The molecule has 1 heterocycles. The Balaban J connectivity index is 1.49. The van der Waals surface area contributed by atoms with Crippen molar-refractivity contribution in [1.29, 1.82) is 0 Å². The van der Waals surface area contributed by atoms with Crippen LogP contribution in [0.15, 0.2) is 36.4 Å². The number of carbonyl (C=O) groups excluding carboxylic acids is 1. The number of amides is 1. The molecule has 0 radical (unpaired) electrons. The molecule has 158 valence electrons. The van der Waals surface area contributed by atoms with Gasteiger partial charge in [0.2, 0.25) is 6.79 Å². The van der Waals surface area contributed by atoms with Gasteiger partial charge in [-0.1, -0.05) is 6.07 Å². The molecule has 1 saturated carbocycles. The molecule has 1 amide bonds. The molecule has 2 aromatic rings. The van der Waals surface area contributed by atoms with Gasteiger partial charge in [0, 0.05) is 35.8 Å². The maximum Gasteiger partial charge on any atom is 0.270 e. The van der Waals surface area contributed by atoms with Gasteiger partial charge in [0.15, 0.2) is 11.5 Å². The van der Waals surface area contributed by atoms with Crippen LogP contribution in [0.5, 0.6) is 11.5 Å². The number of carbonyl (C=O) groups is 1. The van der Waals surface area contributed by atoms with E-state index in [0.29, 0.717) is 17.2 Å². The number of halogens is 1. The molecule has 9 heteroatoms. The van der Waals surface area contributed by atoms with Crippen LogP contribution in [-0.2, 0) is 6.54 Å². The minimum atomic E-state index is -0.503. The molecule has 0 saturated heterocycles. The van der Waals surface area contributed by atoms with Gasteiger partial charge in [-0.3, -0.25) is 14.9 Å². The highest BCUT2D eigenvalue weighted by molar-refractivity contribution is 6.20. The van der Waals surface area contributed by atoms with Crippen molar-refractivity contribution in [2.75, 3.05) is 12.1 Å². The molecule has 0 unspecified atom stereocenters. The first kappa shape index (κ1) is 20.3. The van der Waals surface area contributed by atoms with Gasteiger partial charge in [0.25, 0.3) is 11.6 Å². The SMILES string of the molecule is O=C(NCc1ccc2c(c1)OCO2)c1cc([N+](=O)[O-])ccc1NC1CCC(Cl)CC1. The Labute approximate surface area is 178 Å². The molecule has 0 atom stereocenters. The van der Waals surface area contributed by atoms with E-state index in [0.717, 1.165) is 31.2 Å². The molecule has 1 fully saturated rings. The second-order valence-electron chi connectivity index (χ2n) is 7.45. The lowest BCUT2D eigenvalue weighted by molar-refractivity contribution is -0.384. The largest absolute Gasteiger partial charge is 0.454 e. The summed E-state index contributed by atoms with van der Waals surface area (Å²) in [5, 5.41) is 17.6. The van der Waals surface area contributed by atoms with Crippen LogP contribution in [0.3, 0.4) is 0 Å². The fourth-order valence-electron chi connectivity index (χ4n) is 3.70. The second-order valence-corrected chi connectivity index (χ2v) is 8.07. The first-order chi connectivity index (χ1) is 14.5. The van der Waals surface area contributed by atoms with Gasteiger partial charge in [-0.05, 0) is 49.4 Å². The molecule has 0 spiro atoms. The molecule has 0 aromatic heterocycles. The van der Waals surface area contributed by atoms with Crippen LogP contribution in [0, 0.1) is 10.1 Å². The molecule has 4 rings (SSSR count). The maximum atomic E-state index is 12.9. The average Bonchev–Trinajstić information content (AvgIpc) is 3.21. The Morgan fingerprint density at radius 1 is 1.10 bits per heavy atom. The zero-order valence-corrected chi connectivity index (χ0v) is 17.0. The van der Waals surface area contributed by atoms with Crippen molar-refractivity contribution in [2.24, 2.45) is 0 Å². The van der Waals surface area contributed by atoms with Gasteiger partial charge in [0.1, 0.15) is 0 Å². The number of anilines is 1. The number of nitrogens with zero attached hydrogens (tertiary/aromatic N) is 1. The minimum Gasteiger partial charge on any atom is -0.454 e. The number of nitro benzene ring substituents is 1. The fourth-order valence-corrected chi connectivity index (χ4v) is 3.96. The number of hydrogen-bond acceptors (Lipinski definition) is 6. The number of alkyl halides is 1. The summed E-state index contributed by atoms with van der Waals surface area (Å²) in [5.74, 6) is 0.918. The third kappa shape index (κ3) is 4.59. The minimum absolute atomic E-state index is 0.127. The lowest BCUT2D eigenvalue weighted by Gasteiger charge is -2.27. The molecule has 1 aliphatic heterocycles. The Morgan fingerprint density at radius 2 is 1.87 bits per heavy atom. The van der Waals surface area contributed by atoms with Gasteiger partial charge >= 0.3 is 0 Å². The zero-order chi connectivity index (χ0) is 21.1. The smallest absolute Gasteiger partial charge is 0.270 e. The summed E-state index contributed by atoms with van der Waals surface area (Å²) < 4.78 is 10.6. The van der Waals surface area contributed by atoms with Gasteiger partial charge in [-0.25, -0.2) is 0 Å². The molecular weight excluding hydrogens is 410 g/mol. The lowest BCUT2D eigenvalue weighted by atomic mass is 9.94. The predicted molar refractivity (Wildman–Crippen MR) is 112 cm³/mol. The topological polar surface area (TPSA) is 103 Å². The second kappa shape index (κ2) is 8.79. The molecule has 0 bridgehead atoms. The van der Waals surface area contributed by atoms with E-state index < -0.39 is 4.92 Å². The summed E-state index contributed by atoms with van der Waals surface area (Å²) in [5.41, 5.74) is 1.55. The van der Waals surface area contributed by atoms with Crippen molar-refractivity contribution in [3.8, 4) is 11.5 Å². The standard InChI is InChI=1S/C21H22ClN3O5/c22-14-2-4-15(5-3-14)24-18-7-6-16(25(27)28)10-17(18)21(26)23-11-13-1-8-19-20(9-13)30-12-29-19/h1,6-10,14-15,24H,2-5,11-12H2,(H,23,26). The van der Waals surface area contributed by atoms with Gasteiger partial charge < -0.3 is 20.1 Å². The molecular formula is C21H22ClN3O5. The van der Waals surface area contributed by atoms with Crippen LogP contribution in [0.2, 0.25) is 0 Å². The van der Waals surface area contributed by atoms with Crippen LogP contribution in [0.1, 0.15) is 41.6 Å². The van der Waals surface area contributed by atoms with E-state index >= 15 is 0 Å². The summed E-state index contributed by atoms with van der Waals surface area (Å²) in [6.07, 6.45) is 3.59. The fraction of sp³-hybridized carbons (Fsp3) is 0.381. The summed E-state index contributed by atoms with van der Waals surface area (Å²) in [4.78, 5) is 23.6. The number of rotatable bonds is 6. The van der Waals surface area contributed by atoms with Crippen molar-refractivity contribution < 1.29 is 19.2 Å². The van der Waals surface area contributed by atoms with Crippen molar-refractivity contribution >= 4 is 28.9 Å². The van der Waals surface area contributed by atoms with E-state index in [9.17, 15) is 14.9 Å². The summed E-state index contributed by atoms with van der Waals surface area (Å²) >= 11 is 6.17. The molecule has 1 aliphatic carbocycles. The molecule has 30 heavy (non-hydrogen) atoms. The third-order valence-corrected chi connectivity index (χ3v) is 5.80. The van der Waals surface area contributed by atoms with Crippen LogP contribution >= 0.6 is 11.6 Å². The predicted octanol–water partition coefficient (Wildman–Crippen LogP) is 4.22. The van der Waals surface area contributed by atoms with E-state index in [-0.39, 0.29) is 41.9 Å². The molecule has 2 aliphatic rings. The lowest BCUT2D eigenvalue weighted by Crippen LogP contribution is -2.29. The van der Waals surface area contributed by atoms with Crippen LogP contribution in [0.4, 0.5) is 11.4 Å². The number of ether oxygens (including phenoxy) is 2. The van der Waals surface area contributed by atoms with Crippen molar-refractivity contribution in [3.05, 3.63) is 57.6 Å². The first-order valence-corrected chi connectivity index (χ1v) is 10.3. The molecule has 2 N–H and O–H groups in total. The zero-order valence-electron chi connectivity index (χ0n) is 16.2. The number of nitrogens with one attached hydrogen (secondary N) is 2. The van der Waals surface area contributed by atoms with Gasteiger partial charge in [0.05, 0.1) is 10.5 Å². The summed E-state index contributed by atoms with van der Waals surface area (Å²) in [7, 11) is 0. The maximum absolute atomic E-state index is 12.9. The average molecular weight is 432 g/mol. The van der Waals surface area contributed by atoms with E-state index in [2.05, 4.69) is 10.6 Å². The van der Waals surface area contributed by atoms with Crippen LogP contribution in [-0.4, -0.2) is 29.0 Å². The Hall–Kier alpha value is -3.00. The van der Waals surface area contributed by atoms with E-state index in [4.69, 9.17) is 21.1 Å². The monoisotopic (exact) mass is 431 g/mol. The normalized spacial score (nSPS) is 19.9. The van der Waals surface area contributed by atoms with E-state index in [1.54, 1.807) is 18.2 Å². The van der Waals surface area contributed by atoms with Gasteiger partial charge in [-0.2, -0.15) is 0 Å². The van der Waals surface area contributed by atoms with E-state index in [1.165, 1.54) is 12.1 Å². The Bertz CT molecular complexity index is 960. The van der Waals surface area contributed by atoms with Crippen molar-refractivity contribution in [3.63, 3.8) is 0 Å². The quantitative estimate of drug-likeness (QED) is 0.403. The Kier molecular flexibility index (Phi) is 5.94. The highest BCUT2D eigenvalue weighted by Crippen LogP contribution is 2.32. The highest BCUT2D eigenvalue weighted by Gasteiger charge is 2.23. The first-order valence-electron chi connectivity index (χ1n) is 9.85. The van der Waals surface area contributed by atoms with E-state index in [1.807, 2.05) is 6.07 Å². The number of benzene rings is 2. The van der Waals surface area contributed by atoms with Crippen LogP contribution in [0.25, 0.3) is 0 Å².